The van der Waals surface area contributed by atoms with E-state index in [9.17, 15) is 19.5 Å². The number of amides is 1. The van der Waals surface area contributed by atoms with E-state index < -0.39 is 42.0 Å². The quantitative estimate of drug-likeness (QED) is 0.150. The summed E-state index contributed by atoms with van der Waals surface area (Å²) in [4.78, 5) is 41.4. The molecule has 1 aliphatic heterocycles. The summed E-state index contributed by atoms with van der Waals surface area (Å²) in [6, 6.07) is -0.520. The molecule has 0 fully saturated rings. The van der Waals surface area contributed by atoms with Gasteiger partial charge in [-0.15, -0.1) is 0 Å². The summed E-state index contributed by atoms with van der Waals surface area (Å²) < 4.78 is 6.59. The third-order valence-corrected chi connectivity index (χ3v) is 5.02. The molecule has 0 radical (unpaired) electrons. The number of nitrogen functional groups attached to an aromatic ring is 1. The number of carboxylic acid groups (broad SMARTS) is 1. The SMILES string of the molecule is CC(CCN(C)C(=N)N)C(N)C(=O)NC1C=CC(n2ccc(N)nc2=O)OC1C(=O)O. The van der Waals surface area contributed by atoms with Gasteiger partial charge < -0.3 is 37.3 Å². The van der Waals surface area contributed by atoms with Crippen LogP contribution >= 0.6 is 0 Å². The number of carbonyl (C=O) groups excluding carboxylic acids is 1. The number of aromatic nitrogens is 2. The Balaban J connectivity index is 2.07. The van der Waals surface area contributed by atoms with Crippen molar-refractivity contribution >= 4 is 23.7 Å². The second-order valence-corrected chi connectivity index (χ2v) is 7.35. The number of hydrogen-bond donors (Lipinski definition) is 6. The molecule has 170 valence electrons. The van der Waals surface area contributed by atoms with E-state index in [2.05, 4.69) is 10.3 Å². The summed E-state index contributed by atoms with van der Waals surface area (Å²) in [5, 5.41) is 19.5. The number of nitrogens with two attached hydrogens (primary N) is 3. The summed E-state index contributed by atoms with van der Waals surface area (Å²) in [6.07, 6.45) is 2.25. The van der Waals surface area contributed by atoms with Crippen LogP contribution in [0.1, 0.15) is 19.6 Å². The number of carbonyl (C=O) groups is 2. The van der Waals surface area contributed by atoms with Crippen molar-refractivity contribution < 1.29 is 19.4 Å². The van der Waals surface area contributed by atoms with Gasteiger partial charge in [0.1, 0.15) is 5.82 Å². The molecule has 9 N–H and O–H groups in total. The van der Waals surface area contributed by atoms with Crippen LogP contribution in [0.5, 0.6) is 0 Å². The van der Waals surface area contributed by atoms with Gasteiger partial charge in [0.05, 0.1) is 12.1 Å². The van der Waals surface area contributed by atoms with Gasteiger partial charge in [-0.2, -0.15) is 4.98 Å². The molecule has 13 heteroatoms. The monoisotopic (exact) mass is 436 g/mol. The van der Waals surface area contributed by atoms with Gasteiger partial charge in [-0.3, -0.25) is 14.8 Å². The van der Waals surface area contributed by atoms with Gasteiger partial charge in [-0.25, -0.2) is 9.59 Å². The van der Waals surface area contributed by atoms with Crippen LogP contribution in [0.15, 0.2) is 29.2 Å². The second-order valence-electron chi connectivity index (χ2n) is 7.35. The fourth-order valence-corrected chi connectivity index (χ4v) is 2.93. The Hall–Kier alpha value is -3.45. The average Bonchev–Trinajstić information content (AvgIpc) is 2.71. The highest BCUT2D eigenvalue weighted by Gasteiger charge is 2.36. The zero-order valence-corrected chi connectivity index (χ0v) is 17.3. The van der Waals surface area contributed by atoms with Crippen molar-refractivity contribution in [2.45, 2.75) is 37.8 Å². The minimum atomic E-state index is -1.45. The molecule has 1 amide bonds. The molecule has 0 bridgehead atoms. The normalized spacial score (nSPS) is 22.4. The van der Waals surface area contributed by atoms with Crippen molar-refractivity contribution in [2.24, 2.45) is 17.4 Å². The third-order valence-electron chi connectivity index (χ3n) is 5.02. The standard InChI is InChI=1S/C18H28N8O5/c1-9(5-7-25(2)17(21)22)13(20)15(27)23-10-3-4-12(31-14(10)16(28)29)26-8-6-11(19)24-18(26)30/h3-4,6,8-10,12-14H,5,7,20H2,1-2H3,(H3,21,22)(H,23,27)(H,28,29)(H2,19,24,30). The van der Waals surface area contributed by atoms with E-state index in [4.69, 9.17) is 27.3 Å². The number of nitrogens with one attached hydrogen (secondary N) is 2. The summed E-state index contributed by atoms with van der Waals surface area (Å²) in [6.45, 7) is 2.21. The molecule has 0 aliphatic carbocycles. The van der Waals surface area contributed by atoms with Crippen LogP contribution in [0, 0.1) is 11.3 Å². The third kappa shape index (κ3) is 6.02. The summed E-state index contributed by atoms with van der Waals surface area (Å²) in [5.74, 6) is -2.19. The second kappa shape index (κ2) is 10.0. The molecule has 0 saturated heterocycles. The Morgan fingerprint density at radius 1 is 1.45 bits per heavy atom. The first-order chi connectivity index (χ1) is 14.5. The smallest absolute Gasteiger partial charge is 0.351 e. The Bertz CT molecular complexity index is 916. The minimum Gasteiger partial charge on any atom is -0.479 e. The molecule has 1 aromatic rings. The lowest BCUT2D eigenvalue weighted by Gasteiger charge is -2.32. The van der Waals surface area contributed by atoms with Crippen molar-refractivity contribution in [2.75, 3.05) is 19.3 Å². The zero-order chi connectivity index (χ0) is 23.3. The van der Waals surface area contributed by atoms with Gasteiger partial charge in [0.2, 0.25) is 5.91 Å². The van der Waals surface area contributed by atoms with Gasteiger partial charge in [-0.1, -0.05) is 13.0 Å². The van der Waals surface area contributed by atoms with E-state index in [1.165, 1.54) is 29.3 Å². The molecule has 2 rings (SSSR count). The van der Waals surface area contributed by atoms with Gasteiger partial charge in [0.25, 0.3) is 0 Å². The van der Waals surface area contributed by atoms with Crippen LogP contribution in [0.3, 0.4) is 0 Å². The molecule has 2 heterocycles. The molecule has 0 saturated carbocycles. The fourth-order valence-electron chi connectivity index (χ4n) is 2.93. The molecule has 5 unspecified atom stereocenters. The number of guanidine groups is 1. The predicted molar refractivity (Wildman–Crippen MR) is 112 cm³/mol. The zero-order valence-electron chi connectivity index (χ0n) is 17.3. The number of anilines is 1. The highest BCUT2D eigenvalue weighted by Crippen LogP contribution is 2.21. The van der Waals surface area contributed by atoms with E-state index in [1.807, 2.05) is 0 Å². The average molecular weight is 436 g/mol. The fraction of sp³-hybridized carbons (Fsp3) is 0.500. The number of aliphatic carboxylic acids is 1. The maximum absolute atomic E-state index is 12.6. The topological polar surface area (TPSA) is 216 Å². The Morgan fingerprint density at radius 2 is 2.13 bits per heavy atom. The molecule has 13 nitrogen and oxygen atoms in total. The highest BCUT2D eigenvalue weighted by molar-refractivity contribution is 5.84. The van der Waals surface area contributed by atoms with Gasteiger partial charge >= 0.3 is 11.7 Å². The first-order valence-electron chi connectivity index (χ1n) is 9.53. The summed E-state index contributed by atoms with van der Waals surface area (Å²) in [7, 11) is 1.65. The van der Waals surface area contributed by atoms with Crippen LogP contribution in [0.4, 0.5) is 5.82 Å². The molecular formula is C18H28N8O5. The lowest BCUT2D eigenvalue weighted by molar-refractivity contribution is -0.159. The van der Waals surface area contributed by atoms with Gasteiger partial charge in [-0.05, 0) is 24.5 Å². The van der Waals surface area contributed by atoms with Crippen LogP contribution in [0.25, 0.3) is 0 Å². The number of rotatable bonds is 8. The number of nitrogens with zero attached hydrogens (tertiary/aromatic N) is 3. The van der Waals surface area contributed by atoms with Crippen LogP contribution in [0.2, 0.25) is 0 Å². The van der Waals surface area contributed by atoms with Crippen LogP contribution < -0.4 is 28.2 Å². The molecular weight excluding hydrogens is 408 g/mol. The van der Waals surface area contributed by atoms with Gasteiger partial charge in [0, 0.05) is 19.8 Å². The van der Waals surface area contributed by atoms with Crippen LogP contribution in [-0.4, -0.2) is 69.2 Å². The number of ether oxygens (including phenoxy) is 1. The molecule has 0 aromatic carbocycles. The maximum Gasteiger partial charge on any atom is 0.351 e. The summed E-state index contributed by atoms with van der Waals surface area (Å²) >= 11 is 0. The first kappa shape index (κ1) is 23.8. The lowest BCUT2D eigenvalue weighted by Crippen LogP contribution is -2.55. The largest absolute Gasteiger partial charge is 0.479 e. The van der Waals surface area contributed by atoms with E-state index in [0.717, 1.165) is 4.57 Å². The molecule has 1 aromatic heterocycles. The molecule has 5 atom stereocenters. The van der Waals surface area contributed by atoms with E-state index in [0.29, 0.717) is 13.0 Å². The Morgan fingerprint density at radius 3 is 2.71 bits per heavy atom. The van der Waals surface area contributed by atoms with E-state index in [1.54, 1.807) is 14.0 Å². The van der Waals surface area contributed by atoms with Crippen LogP contribution in [-0.2, 0) is 14.3 Å². The molecule has 0 spiro atoms. The lowest BCUT2D eigenvalue weighted by atomic mass is 9.97. The maximum atomic E-state index is 12.6. The predicted octanol–water partition coefficient (Wildman–Crippen LogP) is -1.97. The van der Waals surface area contributed by atoms with Gasteiger partial charge in [0.15, 0.2) is 18.3 Å². The summed E-state index contributed by atoms with van der Waals surface area (Å²) in [5.41, 5.74) is 16.2. The molecule has 1 aliphatic rings. The van der Waals surface area contributed by atoms with Crippen molar-refractivity contribution in [1.29, 1.82) is 5.41 Å². The van der Waals surface area contributed by atoms with Crippen molar-refractivity contribution in [3.63, 3.8) is 0 Å². The Labute approximate surface area is 178 Å². The van der Waals surface area contributed by atoms with Crippen molar-refractivity contribution in [1.82, 2.24) is 19.8 Å². The minimum absolute atomic E-state index is 0.0265. The van der Waals surface area contributed by atoms with E-state index in [-0.39, 0.29) is 17.7 Å². The van der Waals surface area contributed by atoms with Crippen molar-refractivity contribution in [3.8, 4) is 0 Å². The first-order valence-corrected chi connectivity index (χ1v) is 9.53. The van der Waals surface area contributed by atoms with E-state index >= 15 is 0 Å². The highest BCUT2D eigenvalue weighted by atomic mass is 16.5. The van der Waals surface area contributed by atoms with Crippen molar-refractivity contribution in [3.05, 3.63) is 34.9 Å². The number of carboxylic acids is 1. The Kier molecular flexibility index (Phi) is 7.72. The number of hydrogen-bond acceptors (Lipinski definition) is 8. The molecule has 31 heavy (non-hydrogen) atoms.